The number of fused-ring (bicyclic) bond motifs is 1. The van der Waals surface area contributed by atoms with Gasteiger partial charge in [-0.3, -0.25) is 0 Å². The average Bonchev–Trinajstić information content (AvgIpc) is 2.86. The molecule has 0 amide bonds. The lowest BCUT2D eigenvalue weighted by Crippen LogP contribution is -1.99. The van der Waals surface area contributed by atoms with Gasteiger partial charge in [0.25, 0.3) is 0 Å². The second kappa shape index (κ2) is 5.03. The fourth-order valence-corrected chi connectivity index (χ4v) is 2.22. The van der Waals surface area contributed by atoms with Crippen LogP contribution in [0.15, 0.2) is 24.5 Å². The molecule has 5 nitrogen and oxygen atoms in total. The van der Waals surface area contributed by atoms with Crippen molar-refractivity contribution >= 4 is 23.1 Å². The maximum Gasteiger partial charge on any atom is 0.199 e. The van der Waals surface area contributed by atoms with Gasteiger partial charge in [-0.1, -0.05) is 17.7 Å². The van der Waals surface area contributed by atoms with E-state index < -0.39 is 0 Å². The zero-order chi connectivity index (χ0) is 13.2. The molecule has 6 heteroatoms. The van der Waals surface area contributed by atoms with Crippen molar-refractivity contribution in [1.82, 2.24) is 9.97 Å². The number of methoxy groups -OCH3 is 1. The molecule has 1 aromatic carbocycles. The van der Waals surface area contributed by atoms with E-state index in [1.165, 1.54) is 24.6 Å². The minimum Gasteiger partial charge on any atom is -0.490 e. The molecule has 1 aromatic heterocycles. The van der Waals surface area contributed by atoms with Crippen LogP contribution in [0.5, 0.6) is 5.75 Å². The summed E-state index contributed by atoms with van der Waals surface area (Å²) in [6.07, 6.45) is 1.39. The first-order valence-corrected chi connectivity index (χ1v) is 6.17. The molecule has 1 aliphatic heterocycles. The summed E-state index contributed by atoms with van der Waals surface area (Å²) in [4.78, 5) is 8.02. The van der Waals surface area contributed by atoms with Crippen LogP contribution in [0.1, 0.15) is 11.1 Å². The fourth-order valence-electron chi connectivity index (χ4n) is 2.01. The highest BCUT2D eigenvalue weighted by Crippen LogP contribution is 2.32. The smallest absolute Gasteiger partial charge is 0.199 e. The predicted molar refractivity (Wildman–Crippen MR) is 71.8 cm³/mol. The highest BCUT2D eigenvalue weighted by Gasteiger charge is 2.14. The van der Waals surface area contributed by atoms with Gasteiger partial charge < -0.3 is 14.8 Å². The van der Waals surface area contributed by atoms with E-state index in [4.69, 9.17) is 21.1 Å². The van der Waals surface area contributed by atoms with E-state index in [1.54, 1.807) is 0 Å². The van der Waals surface area contributed by atoms with Crippen molar-refractivity contribution in [2.45, 2.75) is 13.2 Å². The molecule has 0 spiro atoms. The van der Waals surface area contributed by atoms with Crippen LogP contribution in [-0.4, -0.2) is 17.1 Å². The molecule has 98 valence electrons. The highest BCUT2D eigenvalue weighted by molar-refractivity contribution is 6.31. The van der Waals surface area contributed by atoms with Gasteiger partial charge in [-0.2, -0.15) is 0 Å². The van der Waals surface area contributed by atoms with Crippen LogP contribution in [0.2, 0.25) is 5.15 Å². The summed E-state index contributed by atoms with van der Waals surface area (Å²) in [6, 6.07) is 6.06. The quantitative estimate of drug-likeness (QED) is 0.874. The number of nitrogens with one attached hydrogen (secondary N) is 1. The number of ether oxygens (including phenoxy) is 2. The molecule has 0 saturated heterocycles. The molecule has 2 aromatic rings. The Kier molecular flexibility index (Phi) is 3.23. The summed E-state index contributed by atoms with van der Waals surface area (Å²) in [7, 11) is 1.53. The summed E-state index contributed by atoms with van der Waals surface area (Å²) >= 11 is 5.95. The number of hydrogen-bond donors (Lipinski definition) is 1. The molecule has 19 heavy (non-hydrogen) atoms. The zero-order valence-corrected chi connectivity index (χ0v) is 11.1. The van der Waals surface area contributed by atoms with Crippen LogP contribution >= 0.6 is 11.6 Å². The van der Waals surface area contributed by atoms with Gasteiger partial charge >= 0.3 is 0 Å². The summed E-state index contributed by atoms with van der Waals surface area (Å²) in [5, 5.41) is 3.46. The molecule has 0 bridgehead atoms. The maximum atomic E-state index is 5.95. The fraction of sp³-hybridized carbons (Fsp3) is 0.231. The van der Waals surface area contributed by atoms with Gasteiger partial charge in [-0.25, -0.2) is 9.97 Å². The topological polar surface area (TPSA) is 56.3 Å². The number of hydrogen-bond acceptors (Lipinski definition) is 5. The summed E-state index contributed by atoms with van der Waals surface area (Å²) < 4.78 is 10.6. The molecule has 1 N–H and O–H groups in total. The van der Waals surface area contributed by atoms with Gasteiger partial charge in [0.1, 0.15) is 6.33 Å². The monoisotopic (exact) mass is 277 g/mol. The van der Waals surface area contributed by atoms with Crippen molar-refractivity contribution < 1.29 is 9.47 Å². The molecule has 0 saturated carbocycles. The minimum atomic E-state index is 0.282. The Morgan fingerprint density at radius 2 is 2.11 bits per heavy atom. The van der Waals surface area contributed by atoms with Gasteiger partial charge in [0, 0.05) is 5.69 Å². The van der Waals surface area contributed by atoms with Crippen LogP contribution in [0.4, 0.5) is 11.5 Å². The van der Waals surface area contributed by atoms with Gasteiger partial charge in [-0.15, -0.1) is 0 Å². The SMILES string of the molecule is COc1c(Cl)ncnc1Nc1ccc2c(c1)COC2. The lowest BCUT2D eigenvalue weighted by molar-refractivity contribution is 0.134. The molecule has 0 fully saturated rings. The Hall–Kier alpha value is -1.85. The third-order valence-electron chi connectivity index (χ3n) is 2.95. The minimum absolute atomic E-state index is 0.282. The molecule has 0 radical (unpaired) electrons. The zero-order valence-electron chi connectivity index (χ0n) is 10.3. The van der Waals surface area contributed by atoms with E-state index >= 15 is 0 Å². The van der Waals surface area contributed by atoms with Gasteiger partial charge in [0.05, 0.1) is 20.3 Å². The van der Waals surface area contributed by atoms with Crippen molar-refractivity contribution in [2.75, 3.05) is 12.4 Å². The van der Waals surface area contributed by atoms with Gasteiger partial charge in [0.15, 0.2) is 16.7 Å². The number of benzene rings is 1. The van der Waals surface area contributed by atoms with Crippen molar-refractivity contribution in [1.29, 1.82) is 0 Å². The van der Waals surface area contributed by atoms with Crippen LogP contribution in [0, 0.1) is 0 Å². The van der Waals surface area contributed by atoms with Crippen LogP contribution in [0.25, 0.3) is 0 Å². The Morgan fingerprint density at radius 1 is 1.26 bits per heavy atom. The molecule has 0 unspecified atom stereocenters. The van der Waals surface area contributed by atoms with Crippen LogP contribution < -0.4 is 10.1 Å². The van der Waals surface area contributed by atoms with E-state index in [1.807, 2.05) is 18.2 Å². The van der Waals surface area contributed by atoms with Crippen LogP contribution in [-0.2, 0) is 18.0 Å². The Bertz CT molecular complexity index is 619. The van der Waals surface area contributed by atoms with E-state index in [-0.39, 0.29) is 5.15 Å². The van der Waals surface area contributed by atoms with Gasteiger partial charge in [-0.05, 0) is 23.3 Å². The third kappa shape index (κ3) is 2.34. The lowest BCUT2D eigenvalue weighted by atomic mass is 10.1. The molecule has 0 aliphatic carbocycles. The maximum absolute atomic E-state index is 5.95. The number of aromatic nitrogens is 2. The highest BCUT2D eigenvalue weighted by atomic mass is 35.5. The molecule has 3 rings (SSSR count). The Labute approximate surface area is 115 Å². The first-order chi connectivity index (χ1) is 9.28. The first-order valence-electron chi connectivity index (χ1n) is 5.79. The first kappa shape index (κ1) is 12.2. The predicted octanol–water partition coefficient (Wildman–Crippen LogP) is 2.91. The van der Waals surface area contributed by atoms with Crippen molar-refractivity contribution in [3.8, 4) is 5.75 Å². The van der Waals surface area contributed by atoms with Gasteiger partial charge in [0.2, 0.25) is 0 Å². The summed E-state index contributed by atoms with van der Waals surface area (Å²) in [6.45, 7) is 1.32. The Balaban J connectivity index is 1.91. The Morgan fingerprint density at radius 3 is 2.95 bits per heavy atom. The largest absolute Gasteiger partial charge is 0.490 e. The summed E-state index contributed by atoms with van der Waals surface area (Å²) in [5.74, 6) is 0.974. The van der Waals surface area contributed by atoms with E-state index in [0.29, 0.717) is 24.8 Å². The average molecular weight is 278 g/mol. The molecule has 2 heterocycles. The second-order valence-electron chi connectivity index (χ2n) is 4.15. The molecular weight excluding hydrogens is 266 g/mol. The van der Waals surface area contributed by atoms with Crippen molar-refractivity contribution in [3.05, 3.63) is 40.8 Å². The molecule has 0 atom stereocenters. The van der Waals surface area contributed by atoms with Crippen molar-refractivity contribution in [3.63, 3.8) is 0 Å². The number of nitrogens with zero attached hydrogens (tertiary/aromatic N) is 2. The lowest BCUT2D eigenvalue weighted by Gasteiger charge is -2.11. The normalized spacial score (nSPS) is 13.2. The van der Waals surface area contributed by atoms with E-state index in [0.717, 1.165) is 5.69 Å². The third-order valence-corrected chi connectivity index (χ3v) is 3.22. The van der Waals surface area contributed by atoms with E-state index in [9.17, 15) is 0 Å². The van der Waals surface area contributed by atoms with Crippen LogP contribution in [0.3, 0.4) is 0 Å². The molecule has 1 aliphatic rings. The number of halogens is 1. The van der Waals surface area contributed by atoms with Crippen molar-refractivity contribution in [2.24, 2.45) is 0 Å². The standard InChI is InChI=1S/C13H12ClN3O2/c1-18-11-12(14)15-7-16-13(11)17-10-3-2-8-5-19-6-9(8)4-10/h2-4,7H,5-6H2,1H3,(H,15,16,17). The van der Waals surface area contributed by atoms with E-state index in [2.05, 4.69) is 15.3 Å². The number of anilines is 2. The molecular formula is C13H12ClN3O2. The number of rotatable bonds is 3. The second-order valence-corrected chi connectivity index (χ2v) is 4.51. The summed E-state index contributed by atoms with van der Waals surface area (Å²) in [5.41, 5.74) is 3.32.